The van der Waals surface area contributed by atoms with Gasteiger partial charge in [0.2, 0.25) is 5.91 Å². The molecule has 2 atom stereocenters. The van der Waals surface area contributed by atoms with E-state index in [9.17, 15) is 24.6 Å². The number of halogens is 1. The number of carbonyl (C=O) groups is 3. The number of hydrogen-bond donors (Lipinski definition) is 2. The van der Waals surface area contributed by atoms with E-state index in [1.165, 1.54) is 12.0 Å². The van der Waals surface area contributed by atoms with Crippen LogP contribution in [0.4, 0.5) is 5.69 Å². The van der Waals surface area contributed by atoms with Crippen molar-refractivity contribution in [2.24, 2.45) is 5.92 Å². The number of esters is 1. The first kappa shape index (κ1) is 29.4. The molecule has 2 aromatic rings. The number of unbranched alkanes of at least 4 members (excludes halogenated alkanes) is 1. The van der Waals surface area contributed by atoms with Crippen molar-refractivity contribution >= 4 is 35.1 Å². The minimum absolute atomic E-state index is 0.0566. The van der Waals surface area contributed by atoms with Gasteiger partial charge in [-0.05, 0) is 36.6 Å². The molecule has 0 unspecified atom stereocenters. The van der Waals surface area contributed by atoms with E-state index in [2.05, 4.69) is 4.74 Å². The number of anilines is 1. The van der Waals surface area contributed by atoms with Gasteiger partial charge < -0.3 is 24.7 Å². The number of rotatable bonds is 13. The number of amides is 2. The summed E-state index contributed by atoms with van der Waals surface area (Å²) < 4.78 is 4.67. The third kappa shape index (κ3) is 6.81. The average molecular weight is 543 g/mol. The van der Waals surface area contributed by atoms with Crippen LogP contribution in [0.2, 0.25) is 5.02 Å². The van der Waals surface area contributed by atoms with Gasteiger partial charge in [0.1, 0.15) is 0 Å². The van der Waals surface area contributed by atoms with Crippen LogP contribution in [0.3, 0.4) is 0 Å². The Labute approximate surface area is 228 Å². The zero-order chi connectivity index (χ0) is 27.7. The number of aliphatic hydroxyl groups is 2. The van der Waals surface area contributed by atoms with E-state index in [1.807, 2.05) is 30.3 Å². The fourth-order valence-electron chi connectivity index (χ4n) is 4.64. The van der Waals surface area contributed by atoms with E-state index in [-0.39, 0.29) is 37.9 Å². The van der Waals surface area contributed by atoms with Crippen molar-refractivity contribution in [1.82, 2.24) is 4.90 Å². The third-order valence-corrected chi connectivity index (χ3v) is 7.02. The molecule has 1 heterocycles. The van der Waals surface area contributed by atoms with Crippen molar-refractivity contribution in [2.45, 2.75) is 44.8 Å². The number of fused-ring (bicyclic) bond motifs is 1. The smallest absolute Gasteiger partial charge is 0.305 e. The minimum Gasteiger partial charge on any atom is -0.469 e. The lowest BCUT2D eigenvalue weighted by Crippen LogP contribution is -2.44. The highest BCUT2D eigenvalue weighted by Crippen LogP contribution is 2.46. The predicted molar refractivity (Wildman–Crippen MR) is 145 cm³/mol. The Balaban J connectivity index is 1.71. The molecule has 2 aromatic carbocycles. The average Bonchev–Trinajstić information content (AvgIpc) is 3.13. The van der Waals surface area contributed by atoms with E-state index in [1.54, 1.807) is 42.2 Å². The van der Waals surface area contributed by atoms with E-state index in [4.69, 9.17) is 11.6 Å². The zero-order valence-electron chi connectivity index (χ0n) is 21.8. The molecule has 0 aromatic heterocycles. The van der Waals surface area contributed by atoms with Crippen LogP contribution in [0.1, 0.15) is 43.7 Å². The van der Waals surface area contributed by atoms with Gasteiger partial charge in [-0.1, -0.05) is 61.0 Å². The largest absolute Gasteiger partial charge is 0.469 e. The van der Waals surface area contributed by atoms with Gasteiger partial charge in [0.05, 0.1) is 19.4 Å². The SMILES string of the molecule is COC(=O)CCCCN1C(=O)[C@@](O)([C@@H](C)/C=C/CC(=O)N(CCO)Cc2ccccc2)c2cc(Cl)ccc21. The van der Waals surface area contributed by atoms with Gasteiger partial charge in [0.25, 0.3) is 5.91 Å². The predicted octanol–water partition coefficient (Wildman–Crippen LogP) is 3.82. The summed E-state index contributed by atoms with van der Waals surface area (Å²) in [7, 11) is 1.34. The van der Waals surface area contributed by atoms with E-state index in [0.29, 0.717) is 42.2 Å². The van der Waals surface area contributed by atoms with E-state index < -0.39 is 17.4 Å². The molecule has 0 bridgehead atoms. The lowest BCUT2D eigenvalue weighted by atomic mass is 9.83. The summed E-state index contributed by atoms with van der Waals surface area (Å²) in [5, 5.41) is 21.5. The number of nitrogens with zero attached hydrogens (tertiary/aromatic N) is 2. The Kier molecular flexibility index (Phi) is 10.5. The van der Waals surface area contributed by atoms with Crippen molar-refractivity contribution in [1.29, 1.82) is 0 Å². The molecule has 0 aliphatic carbocycles. The highest BCUT2D eigenvalue weighted by molar-refractivity contribution is 6.31. The summed E-state index contributed by atoms with van der Waals surface area (Å²) in [6, 6.07) is 14.5. The number of ether oxygens (including phenoxy) is 1. The second-order valence-corrected chi connectivity index (χ2v) is 9.80. The summed E-state index contributed by atoms with van der Waals surface area (Å²) in [6.07, 6.45) is 4.72. The van der Waals surface area contributed by atoms with Gasteiger partial charge in [0, 0.05) is 49.0 Å². The molecule has 0 saturated heterocycles. The number of aliphatic hydroxyl groups excluding tert-OH is 1. The molecule has 1 aliphatic heterocycles. The van der Waals surface area contributed by atoms with Crippen molar-refractivity contribution in [3.05, 3.63) is 76.8 Å². The molecule has 0 saturated carbocycles. The molecular formula is C29H35ClN2O6. The maximum Gasteiger partial charge on any atom is 0.305 e. The number of benzene rings is 2. The van der Waals surface area contributed by atoms with Crippen LogP contribution in [0.15, 0.2) is 60.7 Å². The van der Waals surface area contributed by atoms with Crippen LogP contribution in [0.5, 0.6) is 0 Å². The van der Waals surface area contributed by atoms with Crippen LogP contribution in [-0.4, -0.2) is 59.7 Å². The number of methoxy groups -OCH3 is 1. The highest BCUT2D eigenvalue weighted by Gasteiger charge is 2.52. The summed E-state index contributed by atoms with van der Waals surface area (Å²) in [5.74, 6) is -1.61. The fourth-order valence-corrected chi connectivity index (χ4v) is 4.81. The second kappa shape index (κ2) is 13.6. The Morgan fingerprint density at radius 3 is 2.61 bits per heavy atom. The van der Waals surface area contributed by atoms with Crippen LogP contribution >= 0.6 is 11.6 Å². The number of hydrogen-bond acceptors (Lipinski definition) is 6. The third-order valence-electron chi connectivity index (χ3n) is 6.79. The van der Waals surface area contributed by atoms with Crippen LogP contribution in [0.25, 0.3) is 0 Å². The minimum atomic E-state index is -1.85. The maximum atomic E-state index is 13.5. The molecule has 204 valence electrons. The first-order valence-electron chi connectivity index (χ1n) is 12.7. The van der Waals surface area contributed by atoms with Crippen LogP contribution in [0, 0.1) is 5.92 Å². The van der Waals surface area contributed by atoms with Crippen LogP contribution in [-0.2, 0) is 31.3 Å². The highest BCUT2D eigenvalue weighted by atomic mass is 35.5. The van der Waals surface area contributed by atoms with E-state index >= 15 is 0 Å². The monoisotopic (exact) mass is 542 g/mol. The summed E-state index contributed by atoms with van der Waals surface area (Å²) in [5.41, 5.74) is 0.0973. The molecule has 9 heteroatoms. The van der Waals surface area contributed by atoms with Crippen molar-refractivity contribution in [2.75, 3.05) is 31.7 Å². The van der Waals surface area contributed by atoms with Gasteiger partial charge in [-0.15, -0.1) is 0 Å². The molecule has 8 nitrogen and oxygen atoms in total. The van der Waals surface area contributed by atoms with Gasteiger partial charge in [-0.3, -0.25) is 14.4 Å². The Morgan fingerprint density at radius 2 is 1.92 bits per heavy atom. The standard InChI is InChI=1S/C29H35ClN2O6/c1-21(9-8-12-26(34)31(17-18-33)20-22-10-4-3-5-11-22)29(37)24-19-23(30)14-15-25(24)32(28(29)36)16-7-6-13-27(35)38-2/h3-5,8-11,14-15,19,21,33,37H,6-7,12-13,16-18,20H2,1-2H3/b9-8+/t21-,29+/m0/s1. The number of carbonyl (C=O) groups excluding carboxylic acids is 3. The normalized spacial score (nSPS) is 17.5. The van der Waals surface area contributed by atoms with Gasteiger partial charge in [-0.2, -0.15) is 0 Å². The second-order valence-electron chi connectivity index (χ2n) is 9.36. The van der Waals surface area contributed by atoms with Crippen molar-refractivity contribution < 1.29 is 29.3 Å². The Bertz CT molecular complexity index is 1160. The zero-order valence-corrected chi connectivity index (χ0v) is 22.6. The first-order valence-corrected chi connectivity index (χ1v) is 13.1. The molecule has 2 amide bonds. The van der Waals surface area contributed by atoms with Crippen molar-refractivity contribution in [3.63, 3.8) is 0 Å². The first-order chi connectivity index (χ1) is 18.2. The molecule has 0 radical (unpaired) electrons. The summed E-state index contributed by atoms with van der Waals surface area (Å²) >= 11 is 6.22. The summed E-state index contributed by atoms with van der Waals surface area (Å²) in [4.78, 5) is 40.9. The molecule has 0 spiro atoms. The van der Waals surface area contributed by atoms with Gasteiger partial charge >= 0.3 is 5.97 Å². The fraction of sp³-hybridized carbons (Fsp3) is 0.414. The molecule has 0 fully saturated rings. The van der Waals surface area contributed by atoms with E-state index in [0.717, 1.165) is 5.56 Å². The topological polar surface area (TPSA) is 107 Å². The molecular weight excluding hydrogens is 508 g/mol. The van der Waals surface area contributed by atoms with Gasteiger partial charge in [0.15, 0.2) is 5.60 Å². The lowest BCUT2D eigenvalue weighted by molar-refractivity contribution is -0.140. The molecule has 1 aliphatic rings. The molecule has 2 N–H and O–H groups in total. The maximum absolute atomic E-state index is 13.5. The molecule has 38 heavy (non-hydrogen) atoms. The molecule has 3 rings (SSSR count). The van der Waals surface area contributed by atoms with Crippen LogP contribution < -0.4 is 4.90 Å². The Hall–Kier alpha value is -3.20. The summed E-state index contributed by atoms with van der Waals surface area (Å²) in [6.45, 7) is 2.48. The van der Waals surface area contributed by atoms with Crippen molar-refractivity contribution in [3.8, 4) is 0 Å². The van der Waals surface area contributed by atoms with Gasteiger partial charge in [-0.25, -0.2) is 0 Å². The lowest BCUT2D eigenvalue weighted by Gasteiger charge is -2.28. The quantitative estimate of drug-likeness (QED) is 0.226. The Morgan fingerprint density at radius 1 is 1.18 bits per heavy atom.